The van der Waals surface area contributed by atoms with Crippen LogP contribution in [0.1, 0.15) is 61.3 Å². The number of amides is 1. The van der Waals surface area contributed by atoms with Gasteiger partial charge in [0, 0.05) is 35.6 Å². The average molecular weight is 597 g/mol. The number of nitrogens with one attached hydrogen (secondary N) is 1. The SMILES string of the molecule is CCOc1cc(C(=O)Nc2cc(C(F)(F)F)ccn2)ccc1-c1nc(C2C[C@@H](C)C(C(=O)O)[C@@H](C)C2)n2ccnc(N)c12. The van der Waals surface area contributed by atoms with Crippen LogP contribution >= 0.6 is 0 Å². The summed E-state index contributed by atoms with van der Waals surface area (Å²) in [6.07, 6.45) is 0.988. The molecule has 1 aliphatic carbocycles. The predicted octanol–water partition coefficient (Wildman–Crippen LogP) is 5.89. The molecule has 43 heavy (non-hydrogen) atoms. The Hall–Kier alpha value is -4.68. The molecule has 2 unspecified atom stereocenters. The summed E-state index contributed by atoms with van der Waals surface area (Å²) in [6, 6.07) is 6.23. The summed E-state index contributed by atoms with van der Waals surface area (Å²) in [7, 11) is 0. The number of hydrogen-bond donors (Lipinski definition) is 3. The van der Waals surface area contributed by atoms with Crippen LogP contribution in [0.15, 0.2) is 48.9 Å². The lowest BCUT2D eigenvalue weighted by molar-refractivity contribution is -0.147. The largest absolute Gasteiger partial charge is 0.493 e. The molecule has 4 aromatic rings. The molecule has 3 heterocycles. The van der Waals surface area contributed by atoms with Gasteiger partial charge in [-0.15, -0.1) is 0 Å². The zero-order valence-electron chi connectivity index (χ0n) is 23.7. The van der Waals surface area contributed by atoms with Crippen molar-refractivity contribution in [3.05, 3.63) is 65.9 Å². The van der Waals surface area contributed by atoms with Crippen molar-refractivity contribution in [3.63, 3.8) is 0 Å². The number of hydrogen-bond acceptors (Lipinski definition) is 7. The van der Waals surface area contributed by atoms with Gasteiger partial charge in [0.15, 0.2) is 0 Å². The van der Waals surface area contributed by atoms with Crippen LogP contribution in [0.2, 0.25) is 0 Å². The molecule has 0 saturated heterocycles. The van der Waals surface area contributed by atoms with Gasteiger partial charge >= 0.3 is 12.1 Å². The van der Waals surface area contributed by atoms with E-state index < -0.39 is 29.5 Å². The van der Waals surface area contributed by atoms with Crippen LogP contribution in [-0.4, -0.2) is 42.9 Å². The van der Waals surface area contributed by atoms with E-state index in [2.05, 4.69) is 15.3 Å². The van der Waals surface area contributed by atoms with Gasteiger partial charge < -0.3 is 20.9 Å². The maximum atomic E-state index is 13.1. The number of ether oxygens (including phenoxy) is 1. The second-order valence-corrected chi connectivity index (χ2v) is 10.9. The standard InChI is InChI=1S/C30H31F3N6O4/c1-4-43-21-13-17(28(40)37-22-14-19(7-8-35-22)30(31,32)33)5-6-20(21)24-25-26(34)36-9-10-39(25)27(38-24)18-11-15(2)23(29(41)42)16(3)12-18/h5-10,13-16,18,23H,4,11-12H2,1-3H3,(H2,34,36)(H,41,42)(H,35,37,40)/t15-,16+,18?,23?. The molecular formula is C30H31F3N6O4. The van der Waals surface area contributed by atoms with Gasteiger partial charge in [0.25, 0.3) is 5.91 Å². The van der Waals surface area contributed by atoms with E-state index in [0.717, 1.165) is 24.2 Å². The quantitative estimate of drug-likeness (QED) is 0.239. The van der Waals surface area contributed by atoms with E-state index in [0.29, 0.717) is 35.4 Å². The molecule has 10 nitrogen and oxygen atoms in total. The van der Waals surface area contributed by atoms with E-state index in [-0.39, 0.29) is 41.6 Å². The summed E-state index contributed by atoms with van der Waals surface area (Å²) in [6.45, 7) is 5.92. The van der Waals surface area contributed by atoms with Gasteiger partial charge in [-0.05, 0) is 61.9 Å². The predicted molar refractivity (Wildman–Crippen MR) is 153 cm³/mol. The number of nitrogen functional groups attached to an aromatic ring is 1. The van der Waals surface area contributed by atoms with Gasteiger partial charge in [-0.25, -0.2) is 15.0 Å². The third-order valence-corrected chi connectivity index (χ3v) is 7.93. The van der Waals surface area contributed by atoms with Crippen molar-refractivity contribution in [1.29, 1.82) is 0 Å². The molecule has 0 aliphatic heterocycles. The molecule has 4 N–H and O–H groups in total. The highest BCUT2D eigenvalue weighted by molar-refractivity contribution is 6.04. The van der Waals surface area contributed by atoms with E-state index in [9.17, 15) is 27.9 Å². The van der Waals surface area contributed by atoms with Gasteiger partial charge in [-0.1, -0.05) is 13.8 Å². The van der Waals surface area contributed by atoms with E-state index in [1.165, 1.54) is 12.1 Å². The number of alkyl halides is 3. The summed E-state index contributed by atoms with van der Waals surface area (Å²) in [5.74, 6) is -1.05. The van der Waals surface area contributed by atoms with E-state index in [1.54, 1.807) is 25.4 Å². The lowest BCUT2D eigenvalue weighted by Gasteiger charge is -2.36. The summed E-state index contributed by atoms with van der Waals surface area (Å²) in [5.41, 5.74) is 7.11. The first-order valence-corrected chi connectivity index (χ1v) is 13.9. The summed E-state index contributed by atoms with van der Waals surface area (Å²) < 4.78 is 47.1. The number of aromatic nitrogens is 4. The Morgan fingerprint density at radius 3 is 2.49 bits per heavy atom. The van der Waals surface area contributed by atoms with Crippen molar-refractivity contribution in [2.45, 2.75) is 45.7 Å². The Morgan fingerprint density at radius 1 is 1.12 bits per heavy atom. The maximum absolute atomic E-state index is 13.1. The van der Waals surface area contributed by atoms with Crippen molar-refractivity contribution in [2.75, 3.05) is 17.7 Å². The molecule has 1 saturated carbocycles. The summed E-state index contributed by atoms with van der Waals surface area (Å²) >= 11 is 0. The average Bonchev–Trinajstić information content (AvgIpc) is 3.33. The van der Waals surface area contributed by atoms with E-state index in [4.69, 9.17) is 15.5 Å². The molecule has 5 rings (SSSR count). The Morgan fingerprint density at radius 2 is 1.84 bits per heavy atom. The minimum absolute atomic E-state index is 0.0378. The Balaban J connectivity index is 1.52. The first kappa shape index (κ1) is 29.8. The van der Waals surface area contributed by atoms with Crippen LogP contribution in [0.5, 0.6) is 5.75 Å². The molecule has 0 radical (unpaired) electrons. The monoisotopic (exact) mass is 596 g/mol. The van der Waals surface area contributed by atoms with Gasteiger partial charge in [-0.2, -0.15) is 13.2 Å². The second-order valence-electron chi connectivity index (χ2n) is 10.9. The maximum Gasteiger partial charge on any atom is 0.416 e. The number of nitrogens with two attached hydrogens (primary N) is 1. The molecule has 1 aliphatic rings. The minimum atomic E-state index is -4.58. The molecule has 1 amide bonds. The number of benzene rings is 1. The fraction of sp³-hybridized carbons (Fsp3) is 0.367. The zero-order valence-corrected chi connectivity index (χ0v) is 23.7. The molecule has 1 fully saturated rings. The molecule has 0 spiro atoms. The molecule has 4 atom stereocenters. The Kier molecular flexibility index (Phi) is 8.00. The number of carbonyl (C=O) groups is 2. The highest BCUT2D eigenvalue weighted by Crippen LogP contribution is 2.45. The summed E-state index contributed by atoms with van der Waals surface area (Å²) in [5, 5.41) is 12.1. The minimum Gasteiger partial charge on any atom is -0.493 e. The zero-order chi connectivity index (χ0) is 31.1. The van der Waals surface area contributed by atoms with Crippen molar-refractivity contribution >= 4 is 29.0 Å². The normalized spacial score (nSPS) is 20.6. The van der Waals surface area contributed by atoms with Crippen molar-refractivity contribution in [2.24, 2.45) is 17.8 Å². The molecule has 3 aromatic heterocycles. The molecular weight excluding hydrogens is 565 g/mol. The van der Waals surface area contributed by atoms with Gasteiger partial charge in [0.05, 0.1) is 18.1 Å². The first-order valence-electron chi connectivity index (χ1n) is 13.9. The third kappa shape index (κ3) is 5.84. The second kappa shape index (κ2) is 11.5. The summed E-state index contributed by atoms with van der Waals surface area (Å²) in [4.78, 5) is 38.0. The fourth-order valence-electron chi connectivity index (χ4n) is 6.11. The smallest absolute Gasteiger partial charge is 0.416 e. The van der Waals surface area contributed by atoms with E-state index in [1.807, 2.05) is 18.2 Å². The number of anilines is 2. The van der Waals surface area contributed by atoms with Gasteiger partial charge in [0.1, 0.15) is 34.4 Å². The highest BCUT2D eigenvalue weighted by atomic mass is 19.4. The number of rotatable bonds is 7. The van der Waals surface area contributed by atoms with Crippen molar-refractivity contribution < 1.29 is 32.6 Å². The lowest BCUT2D eigenvalue weighted by atomic mass is 9.69. The third-order valence-electron chi connectivity index (χ3n) is 7.93. The van der Waals surface area contributed by atoms with Crippen LogP contribution < -0.4 is 15.8 Å². The van der Waals surface area contributed by atoms with Gasteiger partial charge in [-0.3, -0.25) is 14.0 Å². The molecule has 1 aromatic carbocycles. The van der Waals surface area contributed by atoms with E-state index >= 15 is 0 Å². The number of nitrogens with zero attached hydrogens (tertiary/aromatic N) is 4. The Labute approximate surface area is 245 Å². The molecule has 13 heteroatoms. The highest BCUT2D eigenvalue weighted by Gasteiger charge is 2.40. The topological polar surface area (TPSA) is 145 Å². The number of pyridine rings is 1. The number of fused-ring (bicyclic) bond motifs is 1. The Bertz CT molecular complexity index is 1680. The van der Waals surface area contributed by atoms with Crippen LogP contribution in [-0.2, 0) is 11.0 Å². The van der Waals surface area contributed by atoms with Crippen molar-refractivity contribution in [3.8, 4) is 17.0 Å². The number of aliphatic carboxylic acids is 1. The molecule has 226 valence electrons. The van der Waals surface area contributed by atoms with Crippen LogP contribution in [0.25, 0.3) is 16.8 Å². The van der Waals surface area contributed by atoms with Crippen molar-refractivity contribution in [1.82, 2.24) is 19.4 Å². The van der Waals surface area contributed by atoms with Crippen LogP contribution in [0.4, 0.5) is 24.8 Å². The lowest BCUT2D eigenvalue weighted by Crippen LogP contribution is -2.35. The number of imidazole rings is 1. The number of carboxylic acids is 1. The number of halogens is 3. The number of carbonyl (C=O) groups excluding carboxylic acids is 1. The fourth-order valence-corrected chi connectivity index (χ4v) is 6.11. The van der Waals surface area contributed by atoms with Crippen LogP contribution in [0.3, 0.4) is 0 Å². The van der Waals surface area contributed by atoms with Gasteiger partial charge in [0.2, 0.25) is 0 Å². The van der Waals surface area contributed by atoms with Crippen LogP contribution in [0, 0.1) is 17.8 Å². The molecule has 0 bridgehead atoms. The number of carboxylic acid groups (broad SMARTS) is 1. The first-order chi connectivity index (χ1) is 20.4.